The van der Waals surface area contributed by atoms with Gasteiger partial charge in [-0.25, -0.2) is 4.79 Å². The van der Waals surface area contributed by atoms with Crippen molar-refractivity contribution in [2.75, 3.05) is 0 Å². The molecule has 3 aromatic rings. The van der Waals surface area contributed by atoms with Crippen molar-refractivity contribution in [2.24, 2.45) is 0 Å². The van der Waals surface area contributed by atoms with Crippen molar-refractivity contribution in [3.05, 3.63) is 65.4 Å². The lowest BCUT2D eigenvalue weighted by atomic mass is 10.1. The van der Waals surface area contributed by atoms with Crippen LogP contribution in [0.3, 0.4) is 0 Å². The Labute approximate surface area is 134 Å². The van der Waals surface area contributed by atoms with E-state index in [4.69, 9.17) is 5.11 Å². The minimum atomic E-state index is -0.913. The van der Waals surface area contributed by atoms with Crippen molar-refractivity contribution in [1.29, 1.82) is 0 Å². The van der Waals surface area contributed by atoms with Gasteiger partial charge in [0.1, 0.15) is 5.75 Å². The molecule has 2 aromatic carbocycles. The molecule has 0 saturated carbocycles. The maximum absolute atomic E-state index is 11.2. The highest BCUT2D eigenvalue weighted by molar-refractivity contribution is 5.94. The fourth-order valence-corrected chi connectivity index (χ4v) is 3.00. The lowest BCUT2D eigenvalue weighted by Gasteiger charge is -2.15. The Kier molecular flexibility index (Phi) is 3.82. The SMILES string of the molecule is CC(C)n1c(Cc2ccc(O)cc2)cc2cc(C(=O)O)ccc21. The number of phenolic OH excluding ortho intramolecular Hbond substituents is 1. The Morgan fingerprint density at radius 3 is 2.39 bits per heavy atom. The van der Waals surface area contributed by atoms with Gasteiger partial charge in [0, 0.05) is 29.1 Å². The van der Waals surface area contributed by atoms with Gasteiger partial charge in [-0.05, 0) is 55.8 Å². The molecule has 118 valence electrons. The molecule has 23 heavy (non-hydrogen) atoms. The monoisotopic (exact) mass is 309 g/mol. The van der Waals surface area contributed by atoms with E-state index in [2.05, 4.69) is 24.5 Å². The van der Waals surface area contributed by atoms with E-state index in [9.17, 15) is 9.90 Å². The molecule has 2 N–H and O–H groups in total. The third-order valence-corrected chi connectivity index (χ3v) is 4.00. The van der Waals surface area contributed by atoms with Crippen LogP contribution in [0.15, 0.2) is 48.5 Å². The Morgan fingerprint density at radius 2 is 1.78 bits per heavy atom. The minimum absolute atomic E-state index is 0.254. The highest BCUT2D eigenvalue weighted by atomic mass is 16.4. The summed E-state index contributed by atoms with van der Waals surface area (Å²) in [4.78, 5) is 11.2. The molecule has 0 fully saturated rings. The molecule has 0 saturated heterocycles. The fraction of sp³-hybridized carbons (Fsp3) is 0.211. The second-order valence-corrected chi connectivity index (χ2v) is 6.02. The molecule has 0 radical (unpaired) electrons. The van der Waals surface area contributed by atoms with Crippen LogP contribution in [0, 0.1) is 0 Å². The standard InChI is InChI=1S/C19H19NO3/c1-12(2)20-16(9-13-3-6-17(21)7-4-13)11-15-10-14(19(22)23)5-8-18(15)20/h3-8,10-12,21H,9H2,1-2H3,(H,22,23). The number of carboxylic acids is 1. The van der Waals surface area contributed by atoms with Gasteiger partial charge in [-0.2, -0.15) is 0 Å². The fourth-order valence-electron chi connectivity index (χ4n) is 3.00. The lowest BCUT2D eigenvalue weighted by molar-refractivity contribution is 0.0697. The Morgan fingerprint density at radius 1 is 1.09 bits per heavy atom. The number of phenols is 1. The summed E-state index contributed by atoms with van der Waals surface area (Å²) in [5, 5.41) is 19.5. The van der Waals surface area contributed by atoms with Gasteiger partial charge in [0.25, 0.3) is 0 Å². The van der Waals surface area contributed by atoms with E-state index < -0.39 is 5.97 Å². The molecule has 1 heterocycles. The van der Waals surface area contributed by atoms with Crippen molar-refractivity contribution >= 4 is 16.9 Å². The van der Waals surface area contributed by atoms with Gasteiger partial charge in [-0.15, -0.1) is 0 Å². The number of aromatic hydroxyl groups is 1. The second kappa shape index (κ2) is 5.80. The average molecular weight is 309 g/mol. The molecular weight excluding hydrogens is 290 g/mol. The Hall–Kier alpha value is -2.75. The van der Waals surface area contributed by atoms with E-state index in [-0.39, 0.29) is 11.8 Å². The number of carboxylic acid groups (broad SMARTS) is 1. The van der Waals surface area contributed by atoms with Crippen molar-refractivity contribution in [2.45, 2.75) is 26.3 Å². The van der Waals surface area contributed by atoms with E-state index in [1.807, 2.05) is 18.2 Å². The van der Waals surface area contributed by atoms with Gasteiger partial charge in [-0.1, -0.05) is 12.1 Å². The molecule has 0 aliphatic heterocycles. The summed E-state index contributed by atoms with van der Waals surface area (Å²) in [6, 6.07) is 14.7. The minimum Gasteiger partial charge on any atom is -0.508 e. The maximum atomic E-state index is 11.2. The van der Waals surface area contributed by atoms with Crippen LogP contribution in [-0.2, 0) is 6.42 Å². The maximum Gasteiger partial charge on any atom is 0.335 e. The first-order valence-corrected chi connectivity index (χ1v) is 7.61. The molecule has 4 heteroatoms. The number of carbonyl (C=O) groups is 1. The molecule has 0 bridgehead atoms. The van der Waals surface area contributed by atoms with E-state index in [1.54, 1.807) is 24.3 Å². The average Bonchev–Trinajstić information content (AvgIpc) is 2.86. The van der Waals surface area contributed by atoms with E-state index in [0.29, 0.717) is 5.56 Å². The Bertz CT molecular complexity index is 860. The molecule has 4 nitrogen and oxygen atoms in total. The van der Waals surface area contributed by atoms with Crippen LogP contribution in [0.2, 0.25) is 0 Å². The first kappa shape index (κ1) is 15.2. The summed E-state index contributed by atoms with van der Waals surface area (Å²) in [6.07, 6.45) is 0.732. The number of nitrogens with zero attached hydrogens (tertiary/aromatic N) is 1. The summed E-state index contributed by atoms with van der Waals surface area (Å²) >= 11 is 0. The Balaban J connectivity index is 2.09. The van der Waals surface area contributed by atoms with Crippen molar-refractivity contribution in [1.82, 2.24) is 4.57 Å². The first-order valence-electron chi connectivity index (χ1n) is 7.61. The van der Waals surface area contributed by atoms with Gasteiger partial charge in [0.05, 0.1) is 5.56 Å². The number of aromatic carboxylic acids is 1. The predicted molar refractivity (Wildman–Crippen MR) is 90.2 cm³/mol. The summed E-state index contributed by atoms with van der Waals surface area (Å²) in [7, 11) is 0. The zero-order valence-corrected chi connectivity index (χ0v) is 13.2. The van der Waals surface area contributed by atoms with Crippen LogP contribution < -0.4 is 0 Å². The number of fused-ring (bicyclic) bond motifs is 1. The van der Waals surface area contributed by atoms with Gasteiger partial charge in [0.15, 0.2) is 0 Å². The van der Waals surface area contributed by atoms with E-state index >= 15 is 0 Å². The molecule has 0 spiro atoms. The molecule has 0 aliphatic carbocycles. The summed E-state index contributed by atoms with van der Waals surface area (Å²) < 4.78 is 2.23. The molecule has 3 rings (SSSR count). The van der Waals surface area contributed by atoms with Gasteiger partial charge in [0.2, 0.25) is 0 Å². The molecule has 0 aliphatic rings. The zero-order valence-electron chi connectivity index (χ0n) is 13.2. The number of aromatic nitrogens is 1. The quantitative estimate of drug-likeness (QED) is 0.758. The molecule has 1 aromatic heterocycles. The van der Waals surface area contributed by atoms with Gasteiger partial charge in [-0.3, -0.25) is 0 Å². The number of rotatable bonds is 4. The number of hydrogen-bond donors (Lipinski definition) is 2. The number of hydrogen-bond acceptors (Lipinski definition) is 2. The van der Waals surface area contributed by atoms with Crippen LogP contribution in [0.4, 0.5) is 0 Å². The smallest absolute Gasteiger partial charge is 0.335 e. The zero-order chi connectivity index (χ0) is 16.6. The van der Waals surface area contributed by atoms with Crippen molar-refractivity contribution in [3.8, 4) is 5.75 Å². The molecule has 0 atom stereocenters. The topological polar surface area (TPSA) is 62.5 Å². The van der Waals surface area contributed by atoms with Crippen LogP contribution >= 0.6 is 0 Å². The molecular formula is C19H19NO3. The van der Waals surface area contributed by atoms with Crippen molar-refractivity contribution in [3.63, 3.8) is 0 Å². The number of benzene rings is 2. The molecule has 0 unspecified atom stereocenters. The lowest BCUT2D eigenvalue weighted by Crippen LogP contribution is -2.06. The first-order chi connectivity index (χ1) is 11.0. The van der Waals surface area contributed by atoms with Crippen LogP contribution in [0.1, 0.15) is 41.5 Å². The van der Waals surface area contributed by atoms with Crippen molar-refractivity contribution < 1.29 is 15.0 Å². The molecule has 0 amide bonds. The third kappa shape index (κ3) is 2.93. The van der Waals surface area contributed by atoms with E-state index in [1.165, 1.54) is 0 Å². The highest BCUT2D eigenvalue weighted by Crippen LogP contribution is 2.27. The second-order valence-electron chi connectivity index (χ2n) is 6.02. The normalized spacial score (nSPS) is 11.3. The predicted octanol–water partition coefficient (Wildman–Crippen LogP) is 4.22. The van der Waals surface area contributed by atoms with Gasteiger partial charge >= 0.3 is 5.97 Å². The highest BCUT2D eigenvalue weighted by Gasteiger charge is 2.14. The van der Waals surface area contributed by atoms with E-state index in [0.717, 1.165) is 28.6 Å². The van der Waals surface area contributed by atoms with Crippen LogP contribution in [-0.4, -0.2) is 20.7 Å². The summed E-state index contributed by atoms with van der Waals surface area (Å²) in [6.45, 7) is 4.23. The van der Waals surface area contributed by atoms with Crippen LogP contribution in [0.5, 0.6) is 5.75 Å². The summed E-state index contributed by atoms with van der Waals surface area (Å²) in [5.74, 6) is -0.659. The largest absolute Gasteiger partial charge is 0.508 e. The summed E-state index contributed by atoms with van der Waals surface area (Å²) in [5.41, 5.74) is 3.57. The van der Waals surface area contributed by atoms with Gasteiger partial charge < -0.3 is 14.8 Å². The third-order valence-electron chi connectivity index (χ3n) is 4.00. The van der Waals surface area contributed by atoms with Crippen LogP contribution in [0.25, 0.3) is 10.9 Å².